The number of hydrogen-bond acceptors (Lipinski definition) is 7. The number of halogens is 4. The standard InChI is InChI=1S/C17H16ClF3N6O2/c1-3-11-8-23-16(17(19,20)21)25-26(11)9-10-7-13(15(28)29-2)27(24-10)14-12(18)5-4-6-22-14/h4-8,11H,3,9H2,1-2H3. The second kappa shape index (κ2) is 8.19. The molecule has 2 aromatic heterocycles. The van der Waals surface area contributed by atoms with Gasteiger partial charge in [-0.1, -0.05) is 18.5 Å². The van der Waals surface area contributed by atoms with Gasteiger partial charge in [0.25, 0.3) is 5.84 Å². The highest BCUT2D eigenvalue weighted by Crippen LogP contribution is 2.24. The van der Waals surface area contributed by atoms with Gasteiger partial charge in [-0.25, -0.2) is 19.5 Å². The zero-order valence-corrected chi connectivity index (χ0v) is 16.1. The molecular weight excluding hydrogens is 413 g/mol. The topological polar surface area (TPSA) is 85.0 Å². The Bertz CT molecular complexity index is 972. The lowest BCUT2D eigenvalue weighted by Crippen LogP contribution is -2.38. The molecule has 12 heteroatoms. The van der Waals surface area contributed by atoms with E-state index in [4.69, 9.17) is 16.3 Å². The number of esters is 1. The normalized spacial score (nSPS) is 16.7. The summed E-state index contributed by atoms with van der Waals surface area (Å²) >= 11 is 6.14. The summed E-state index contributed by atoms with van der Waals surface area (Å²) in [6.45, 7) is 1.70. The lowest BCUT2D eigenvalue weighted by Gasteiger charge is -2.28. The zero-order valence-electron chi connectivity index (χ0n) is 15.4. The number of carbonyl (C=O) groups excluding carboxylic acids is 1. The predicted molar refractivity (Wildman–Crippen MR) is 99.3 cm³/mol. The van der Waals surface area contributed by atoms with Crippen LogP contribution in [0.15, 0.2) is 34.5 Å². The highest BCUT2D eigenvalue weighted by Gasteiger charge is 2.39. The van der Waals surface area contributed by atoms with Gasteiger partial charge in [0.15, 0.2) is 11.5 Å². The molecule has 154 valence electrons. The lowest BCUT2D eigenvalue weighted by atomic mass is 10.2. The second-order valence-electron chi connectivity index (χ2n) is 6.01. The van der Waals surface area contributed by atoms with Gasteiger partial charge in [-0.15, -0.1) is 0 Å². The molecule has 0 amide bonds. The van der Waals surface area contributed by atoms with Crippen molar-refractivity contribution in [3.05, 3.63) is 40.8 Å². The van der Waals surface area contributed by atoms with Crippen LogP contribution in [0.2, 0.25) is 5.02 Å². The number of aliphatic imine (C=N–C) groups is 1. The van der Waals surface area contributed by atoms with E-state index in [1.54, 1.807) is 19.1 Å². The summed E-state index contributed by atoms with van der Waals surface area (Å²) < 4.78 is 44.9. The van der Waals surface area contributed by atoms with Crippen molar-refractivity contribution in [2.45, 2.75) is 32.1 Å². The fourth-order valence-corrected chi connectivity index (χ4v) is 2.87. The molecule has 1 aliphatic heterocycles. The summed E-state index contributed by atoms with van der Waals surface area (Å²) in [5.41, 5.74) is 0.313. The third-order valence-corrected chi connectivity index (χ3v) is 4.36. The van der Waals surface area contributed by atoms with Crippen LogP contribution in [0.4, 0.5) is 13.2 Å². The molecular formula is C17H16ClF3N6O2. The van der Waals surface area contributed by atoms with E-state index in [1.165, 1.54) is 35.3 Å². The highest BCUT2D eigenvalue weighted by atomic mass is 35.5. The molecule has 0 fully saturated rings. The lowest BCUT2D eigenvalue weighted by molar-refractivity contribution is -0.0619. The van der Waals surface area contributed by atoms with Crippen LogP contribution in [0, 0.1) is 0 Å². The van der Waals surface area contributed by atoms with Crippen molar-refractivity contribution in [2.24, 2.45) is 10.1 Å². The highest BCUT2D eigenvalue weighted by molar-refractivity contribution is 6.32. The fraction of sp³-hybridized carbons (Fsp3) is 0.353. The Morgan fingerprint density at radius 2 is 2.14 bits per heavy atom. The Hall–Kier alpha value is -2.95. The van der Waals surface area contributed by atoms with Gasteiger partial charge in [-0.3, -0.25) is 5.01 Å². The number of hydrogen-bond donors (Lipinski definition) is 0. The van der Waals surface area contributed by atoms with E-state index in [9.17, 15) is 18.0 Å². The Kier molecular flexibility index (Phi) is 5.87. The van der Waals surface area contributed by atoms with Crippen LogP contribution < -0.4 is 0 Å². The number of methoxy groups -OCH3 is 1. The maximum Gasteiger partial charge on any atom is 0.453 e. The molecule has 29 heavy (non-hydrogen) atoms. The molecule has 2 aromatic rings. The molecule has 0 aliphatic carbocycles. The minimum absolute atomic E-state index is 0.0295. The molecule has 1 unspecified atom stereocenters. The summed E-state index contributed by atoms with van der Waals surface area (Å²) in [7, 11) is 1.20. The van der Waals surface area contributed by atoms with Gasteiger partial charge >= 0.3 is 12.1 Å². The molecule has 0 radical (unpaired) electrons. The monoisotopic (exact) mass is 428 g/mol. The Morgan fingerprint density at radius 3 is 2.76 bits per heavy atom. The Balaban J connectivity index is 1.99. The summed E-state index contributed by atoms with van der Waals surface area (Å²) in [6, 6.07) is 4.13. The molecule has 3 rings (SSSR count). The first kappa shape index (κ1) is 20.8. The van der Waals surface area contributed by atoms with Crippen molar-refractivity contribution in [2.75, 3.05) is 7.11 Å². The van der Waals surface area contributed by atoms with Crippen LogP contribution in [0.1, 0.15) is 29.5 Å². The van der Waals surface area contributed by atoms with Crippen molar-refractivity contribution < 1.29 is 22.7 Å². The fourth-order valence-electron chi connectivity index (χ4n) is 2.67. The first-order valence-corrected chi connectivity index (χ1v) is 8.87. The van der Waals surface area contributed by atoms with E-state index in [2.05, 4.69) is 20.2 Å². The van der Waals surface area contributed by atoms with Gasteiger partial charge < -0.3 is 4.74 Å². The molecule has 3 heterocycles. The number of carbonyl (C=O) groups is 1. The quantitative estimate of drug-likeness (QED) is 0.682. The summed E-state index contributed by atoms with van der Waals surface area (Å²) in [4.78, 5) is 19.7. The van der Waals surface area contributed by atoms with Crippen LogP contribution in [0.25, 0.3) is 5.82 Å². The van der Waals surface area contributed by atoms with Gasteiger partial charge in [-0.2, -0.15) is 23.4 Å². The SMILES string of the molecule is CCC1C=NC(C(F)(F)F)=NN1Cc1cc(C(=O)OC)n(-c2ncccc2Cl)n1. The van der Waals surface area contributed by atoms with Gasteiger partial charge in [0.1, 0.15) is 0 Å². The largest absolute Gasteiger partial charge is 0.464 e. The van der Waals surface area contributed by atoms with Crippen molar-refractivity contribution in [1.29, 1.82) is 0 Å². The predicted octanol–water partition coefficient (Wildman–Crippen LogP) is 3.25. The number of rotatable bonds is 5. The minimum Gasteiger partial charge on any atom is -0.464 e. The van der Waals surface area contributed by atoms with Crippen LogP contribution in [0.3, 0.4) is 0 Å². The zero-order chi connectivity index (χ0) is 21.2. The van der Waals surface area contributed by atoms with Gasteiger partial charge in [-0.05, 0) is 24.6 Å². The van der Waals surface area contributed by atoms with E-state index >= 15 is 0 Å². The molecule has 1 aliphatic rings. The average Bonchev–Trinajstić information content (AvgIpc) is 3.10. The molecule has 0 N–H and O–H groups in total. The second-order valence-corrected chi connectivity index (χ2v) is 6.41. The van der Waals surface area contributed by atoms with Crippen LogP contribution in [0.5, 0.6) is 0 Å². The average molecular weight is 429 g/mol. The number of nitrogens with zero attached hydrogens (tertiary/aromatic N) is 6. The van der Waals surface area contributed by atoms with Crippen molar-refractivity contribution >= 4 is 29.6 Å². The van der Waals surface area contributed by atoms with Crippen LogP contribution in [-0.2, 0) is 11.3 Å². The van der Waals surface area contributed by atoms with E-state index in [1.807, 2.05) is 0 Å². The molecule has 0 aromatic carbocycles. The maximum absolute atomic E-state index is 13.0. The van der Waals surface area contributed by atoms with E-state index < -0.39 is 24.0 Å². The third-order valence-electron chi connectivity index (χ3n) is 4.06. The number of ether oxygens (including phenoxy) is 1. The van der Waals surface area contributed by atoms with Crippen molar-refractivity contribution in [3.63, 3.8) is 0 Å². The first-order chi connectivity index (χ1) is 13.7. The first-order valence-electron chi connectivity index (χ1n) is 8.49. The maximum atomic E-state index is 13.0. The minimum atomic E-state index is -4.68. The molecule has 0 bridgehead atoms. The molecule has 0 spiro atoms. The number of aromatic nitrogens is 3. The summed E-state index contributed by atoms with van der Waals surface area (Å²) in [5.74, 6) is -1.76. The molecule has 0 saturated heterocycles. The summed E-state index contributed by atoms with van der Waals surface area (Å²) in [6.07, 6.45) is -1.53. The van der Waals surface area contributed by atoms with Crippen molar-refractivity contribution in [1.82, 2.24) is 19.8 Å². The molecule has 8 nitrogen and oxygen atoms in total. The smallest absolute Gasteiger partial charge is 0.453 e. The third kappa shape index (κ3) is 4.39. The van der Waals surface area contributed by atoms with Crippen molar-refractivity contribution in [3.8, 4) is 5.82 Å². The van der Waals surface area contributed by atoms with Gasteiger partial charge in [0.05, 0.1) is 30.4 Å². The number of amidine groups is 1. The Labute approximate surface area is 168 Å². The van der Waals surface area contributed by atoms with E-state index in [-0.39, 0.29) is 28.8 Å². The molecule has 1 atom stereocenters. The Morgan fingerprint density at radius 1 is 1.38 bits per heavy atom. The molecule has 0 saturated carbocycles. The number of hydrazone groups is 1. The van der Waals surface area contributed by atoms with Crippen LogP contribution >= 0.6 is 11.6 Å². The van der Waals surface area contributed by atoms with Gasteiger partial charge in [0, 0.05) is 12.4 Å². The van der Waals surface area contributed by atoms with E-state index in [0.29, 0.717) is 6.42 Å². The number of pyridine rings is 1. The number of alkyl halides is 3. The van der Waals surface area contributed by atoms with Crippen LogP contribution in [-0.4, -0.2) is 57.1 Å². The van der Waals surface area contributed by atoms with Gasteiger partial charge in [0.2, 0.25) is 0 Å². The van der Waals surface area contributed by atoms with E-state index in [0.717, 1.165) is 0 Å². The summed E-state index contributed by atoms with van der Waals surface area (Å²) in [5, 5.41) is 9.37.